The first-order valence-electron chi connectivity index (χ1n) is 7.51. The van der Waals surface area contributed by atoms with Gasteiger partial charge in [0.15, 0.2) is 0 Å². The highest BCUT2D eigenvalue weighted by atomic mass is 16.5. The molecule has 2 aromatic carbocycles. The monoisotopic (exact) mass is 310 g/mol. The van der Waals surface area contributed by atoms with Crippen LogP contribution in [0.2, 0.25) is 0 Å². The van der Waals surface area contributed by atoms with E-state index in [2.05, 4.69) is 0 Å². The lowest BCUT2D eigenvalue weighted by molar-refractivity contribution is -0.146. The van der Waals surface area contributed by atoms with E-state index in [4.69, 9.17) is 10.5 Å². The Bertz CT molecular complexity index is 745. The van der Waals surface area contributed by atoms with Crippen LogP contribution in [0.25, 0.3) is 0 Å². The van der Waals surface area contributed by atoms with Crippen LogP contribution in [-0.2, 0) is 19.9 Å². The van der Waals surface area contributed by atoms with Crippen molar-refractivity contribution < 1.29 is 14.3 Å². The van der Waals surface area contributed by atoms with E-state index in [0.29, 0.717) is 11.3 Å². The summed E-state index contributed by atoms with van der Waals surface area (Å²) in [4.78, 5) is 26.5. The lowest BCUT2D eigenvalue weighted by Crippen LogP contribution is -2.47. The third kappa shape index (κ3) is 2.49. The van der Waals surface area contributed by atoms with Gasteiger partial charge in [-0.3, -0.25) is 14.5 Å². The Morgan fingerprint density at radius 1 is 1.13 bits per heavy atom. The van der Waals surface area contributed by atoms with Crippen LogP contribution in [0.4, 0.5) is 11.4 Å². The summed E-state index contributed by atoms with van der Waals surface area (Å²) < 4.78 is 4.98. The van der Waals surface area contributed by atoms with Crippen LogP contribution in [0.15, 0.2) is 54.6 Å². The Kier molecular flexibility index (Phi) is 3.88. The summed E-state index contributed by atoms with van der Waals surface area (Å²) >= 11 is 0. The van der Waals surface area contributed by atoms with Crippen molar-refractivity contribution >= 4 is 23.3 Å². The third-order valence-corrected chi connectivity index (χ3v) is 3.95. The summed E-state index contributed by atoms with van der Waals surface area (Å²) in [6.07, 6.45) is -0.181. The number of benzene rings is 2. The van der Waals surface area contributed by atoms with Gasteiger partial charge in [-0.05, 0) is 25.1 Å². The number of hydrogen-bond acceptors (Lipinski definition) is 4. The number of nitrogens with zero attached hydrogens (tertiary/aromatic N) is 1. The number of fused-ring (bicyclic) bond motifs is 1. The summed E-state index contributed by atoms with van der Waals surface area (Å²) in [7, 11) is 0. The SMILES string of the molecule is CCOC(=O)CC1(N)C(=O)N(c2ccccc2)c2ccccc21. The first-order chi connectivity index (χ1) is 11.1. The molecule has 0 fully saturated rings. The summed E-state index contributed by atoms with van der Waals surface area (Å²) in [5.41, 5.74) is 7.05. The van der Waals surface area contributed by atoms with Gasteiger partial charge in [0, 0.05) is 11.3 Å². The number of carbonyl (C=O) groups is 2. The molecular formula is C18H18N2O3. The van der Waals surface area contributed by atoms with Crippen LogP contribution in [0.3, 0.4) is 0 Å². The number of amides is 1. The maximum absolute atomic E-state index is 13.0. The van der Waals surface area contributed by atoms with Crippen molar-refractivity contribution in [1.29, 1.82) is 0 Å². The van der Waals surface area contributed by atoms with Gasteiger partial charge < -0.3 is 10.5 Å². The van der Waals surface area contributed by atoms with E-state index in [-0.39, 0.29) is 18.9 Å². The van der Waals surface area contributed by atoms with Gasteiger partial charge in [0.1, 0.15) is 5.54 Å². The second-order valence-electron chi connectivity index (χ2n) is 5.45. The molecule has 1 atom stereocenters. The van der Waals surface area contributed by atoms with Crippen molar-refractivity contribution in [3.8, 4) is 0 Å². The van der Waals surface area contributed by atoms with Crippen molar-refractivity contribution in [2.45, 2.75) is 18.9 Å². The highest BCUT2D eigenvalue weighted by Gasteiger charge is 2.50. The molecule has 0 aliphatic carbocycles. The first-order valence-corrected chi connectivity index (χ1v) is 7.51. The molecular weight excluding hydrogens is 292 g/mol. The van der Waals surface area contributed by atoms with E-state index < -0.39 is 11.5 Å². The zero-order valence-electron chi connectivity index (χ0n) is 12.9. The predicted octanol–water partition coefficient (Wildman–Crippen LogP) is 2.47. The standard InChI is InChI=1S/C18H18N2O3/c1-2-23-16(21)12-18(19)14-10-6-7-11-15(14)20(17(18)22)13-8-4-3-5-9-13/h3-11H,2,12,19H2,1H3. The Balaban J connectivity index is 2.07. The molecule has 1 unspecified atom stereocenters. The lowest BCUT2D eigenvalue weighted by atomic mass is 9.89. The highest BCUT2D eigenvalue weighted by molar-refractivity contribution is 6.13. The zero-order valence-corrected chi connectivity index (χ0v) is 12.9. The Labute approximate surface area is 134 Å². The molecule has 1 heterocycles. The molecule has 0 aromatic heterocycles. The molecule has 3 rings (SSSR count). The average Bonchev–Trinajstić information content (AvgIpc) is 2.77. The van der Waals surface area contributed by atoms with E-state index in [1.165, 1.54) is 0 Å². The number of rotatable bonds is 4. The predicted molar refractivity (Wildman–Crippen MR) is 87.1 cm³/mol. The number of anilines is 2. The second kappa shape index (κ2) is 5.85. The minimum Gasteiger partial charge on any atom is -0.466 e. The molecule has 5 nitrogen and oxygen atoms in total. The molecule has 1 amide bonds. The largest absolute Gasteiger partial charge is 0.466 e. The maximum atomic E-state index is 13.0. The van der Waals surface area contributed by atoms with Gasteiger partial charge in [-0.25, -0.2) is 0 Å². The highest BCUT2D eigenvalue weighted by Crippen LogP contribution is 2.44. The van der Waals surface area contributed by atoms with Gasteiger partial charge in [-0.2, -0.15) is 0 Å². The summed E-state index contributed by atoms with van der Waals surface area (Å²) in [6.45, 7) is 1.98. The molecule has 2 N–H and O–H groups in total. The van der Waals surface area contributed by atoms with Crippen LogP contribution in [0.5, 0.6) is 0 Å². The molecule has 5 heteroatoms. The van der Waals surface area contributed by atoms with Crippen LogP contribution in [0, 0.1) is 0 Å². The lowest BCUT2D eigenvalue weighted by Gasteiger charge is -2.23. The Morgan fingerprint density at radius 2 is 1.78 bits per heavy atom. The number of hydrogen-bond donors (Lipinski definition) is 1. The number of carbonyl (C=O) groups excluding carboxylic acids is 2. The molecule has 118 valence electrons. The van der Waals surface area contributed by atoms with Crippen LogP contribution >= 0.6 is 0 Å². The Hall–Kier alpha value is -2.66. The number of para-hydroxylation sites is 2. The van der Waals surface area contributed by atoms with Gasteiger partial charge in [-0.1, -0.05) is 36.4 Å². The van der Waals surface area contributed by atoms with Crippen molar-refractivity contribution in [3.05, 3.63) is 60.2 Å². The smallest absolute Gasteiger partial charge is 0.308 e. The fourth-order valence-corrected chi connectivity index (χ4v) is 2.91. The van der Waals surface area contributed by atoms with Crippen molar-refractivity contribution in [3.63, 3.8) is 0 Å². The average molecular weight is 310 g/mol. The minimum atomic E-state index is -1.40. The third-order valence-electron chi connectivity index (χ3n) is 3.95. The van der Waals surface area contributed by atoms with E-state index in [1.807, 2.05) is 48.5 Å². The molecule has 1 aliphatic heterocycles. The van der Waals surface area contributed by atoms with Crippen LogP contribution < -0.4 is 10.6 Å². The van der Waals surface area contributed by atoms with E-state index in [1.54, 1.807) is 17.9 Å². The quantitative estimate of drug-likeness (QED) is 0.881. The van der Waals surface area contributed by atoms with Crippen molar-refractivity contribution in [2.75, 3.05) is 11.5 Å². The van der Waals surface area contributed by atoms with E-state index in [0.717, 1.165) is 5.69 Å². The first kappa shape index (κ1) is 15.2. The van der Waals surface area contributed by atoms with Gasteiger partial charge >= 0.3 is 5.97 Å². The summed E-state index contributed by atoms with van der Waals surface area (Å²) in [6, 6.07) is 16.5. The van der Waals surface area contributed by atoms with Crippen molar-refractivity contribution in [1.82, 2.24) is 0 Å². The van der Waals surface area contributed by atoms with Gasteiger partial charge in [-0.15, -0.1) is 0 Å². The summed E-state index contributed by atoms with van der Waals surface area (Å²) in [5, 5.41) is 0. The minimum absolute atomic E-state index is 0.181. The second-order valence-corrected chi connectivity index (χ2v) is 5.45. The van der Waals surface area contributed by atoms with Crippen LogP contribution in [0.1, 0.15) is 18.9 Å². The van der Waals surface area contributed by atoms with E-state index in [9.17, 15) is 9.59 Å². The fourth-order valence-electron chi connectivity index (χ4n) is 2.91. The Morgan fingerprint density at radius 3 is 2.48 bits per heavy atom. The van der Waals surface area contributed by atoms with Gasteiger partial charge in [0.2, 0.25) is 0 Å². The molecule has 0 spiro atoms. The number of esters is 1. The molecule has 23 heavy (non-hydrogen) atoms. The van der Waals surface area contributed by atoms with Gasteiger partial charge in [0.25, 0.3) is 5.91 Å². The fraction of sp³-hybridized carbons (Fsp3) is 0.222. The molecule has 0 radical (unpaired) electrons. The number of nitrogens with two attached hydrogens (primary N) is 1. The molecule has 0 saturated carbocycles. The normalized spacial score (nSPS) is 19.6. The zero-order chi connectivity index (χ0) is 16.4. The number of ether oxygens (including phenoxy) is 1. The summed E-state index contributed by atoms with van der Waals surface area (Å²) in [5.74, 6) is -0.800. The molecule has 0 saturated heterocycles. The molecule has 2 aromatic rings. The van der Waals surface area contributed by atoms with Crippen molar-refractivity contribution in [2.24, 2.45) is 5.73 Å². The van der Waals surface area contributed by atoms with Crippen LogP contribution in [-0.4, -0.2) is 18.5 Å². The topological polar surface area (TPSA) is 72.6 Å². The van der Waals surface area contributed by atoms with E-state index >= 15 is 0 Å². The maximum Gasteiger partial charge on any atom is 0.308 e. The molecule has 1 aliphatic rings. The molecule has 0 bridgehead atoms. The van der Waals surface area contributed by atoms with Gasteiger partial charge in [0.05, 0.1) is 18.7 Å².